The number of benzene rings is 1. The molecule has 0 spiro atoms. The molecule has 2 unspecified atom stereocenters. The third-order valence-electron chi connectivity index (χ3n) is 4.68. The first-order valence-corrected chi connectivity index (χ1v) is 7.55. The lowest BCUT2D eigenvalue weighted by Gasteiger charge is -2.42. The van der Waals surface area contributed by atoms with Gasteiger partial charge in [-0.25, -0.2) is 8.78 Å². The number of fused-ring (bicyclic) bond motifs is 1. The lowest BCUT2D eigenvalue weighted by Crippen LogP contribution is -2.55. The lowest BCUT2D eigenvalue weighted by atomic mass is 10.1. The summed E-state index contributed by atoms with van der Waals surface area (Å²) >= 11 is 0. The summed E-state index contributed by atoms with van der Waals surface area (Å²) in [6.45, 7) is 6.59. The highest BCUT2D eigenvalue weighted by Crippen LogP contribution is 2.24. The van der Waals surface area contributed by atoms with Gasteiger partial charge in [0.05, 0.1) is 0 Å². The molecular weight excluding hydrogens is 258 g/mol. The van der Waals surface area contributed by atoms with Crippen LogP contribution < -0.4 is 0 Å². The van der Waals surface area contributed by atoms with E-state index < -0.39 is 11.6 Å². The Balaban J connectivity index is 1.60. The van der Waals surface area contributed by atoms with Crippen LogP contribution in [0.15, 0.2) is 18.2 Å². The Morgan fingerprint density at radius 1 is 1.15 bits per heavy atom. The topological polar surface area (TPSA) is 6.48 Å². The van der Waals surface area contributed by atoms with Crippen LogP contribution in [0, 0.1) is 11.6 Å². The summed E-state index contributed by atoms with van der Waals surface area (Å²) in [6, 6.07) is 5.04. The summed E-state index contributed by atoms with van der Waals surface area (Å²) in [5.74, 6) is -0.956. The number of rotatable bonds is 3. The van der Waals surface area contributed by atoms with Crippen LogP contribution in [0.1, 0.15) is 25.3 Å². The van der Waals surface area contributed by atoms with Gasteiger partial charge in [0.25, 0.3) is 0 Å². The molecule has 2 aliphatic heterocycles. The molecule has 1 aromatic rings. The summed E-state index contributed by atoms with van der Waals surface area (Å²) in [4.78, 5) is 5.05. The molecule has 0 saturated carbocycles. The minimum Gasteiger partial charge on any atom is -0.298 e. The van der Waals surface area contributed by atoms with Gasteiger partial charge in [-0.3, -0.25) is 9.80 Å². The van der Waals surface area contributed by atoms with Crippen molar-refractivity contribution < 1.29 is 8.78 Å². The molecule has 0 aromatic heterocycles. The SMILES string of the molecule is CC1CN2CCCC2CN1CCc1cc(F)cc(F)c1. The van der Waals surface area contributed by atoms with Crippen LogP contribution in [0.2, 0.25) is 0 Å². The first kappa shape index (κ1) is 14.0. The molecule has 0 radical (unpaired) electrons. The first-order valence-electron chi connectivity index (χ1n) is 7.55. The molecule has 2 nitrogen and oxygen atoms in total. The number of nitrogens with zero attached hydrogens (tertiary/aromatic N) is 2. The van der Waals surface area contributed by atoms with Gasteiger partial charge in [0.15, 0.2) is 0 Å². The average molecular weight is 280 g/mol. The smallest absolute Gasteiger partial charge is 0.126 e. The molecule has 0 amide bonds. The van der Waals surface area contributed by atoms with Gasteiger partial charge < -0.3 is 0 Å². The number of piperazine rings is 1. The van der Waals surface area contributed by atoms with Crippen molar-refractivity contribution in [2.24, 2.45) is 0 Å². The van der Waals surface area contributed by atoms with Crippen molar-refractivity contribution >= 4 is 0 Å². The predicted molar refractivity (Wildman–Crippen MR) is 75.7 cm³/mol. The van der Waals surface area contributed by atoms with Crippen molar-refractivity contribution in [2.75, 3.05) is 26.2 Å². The van der Waals surface area contributed by atoms with Gasteiger partial charge in [-0.05, 0) is 50.4 Å². The lowest BCUT2D eigenvalue weighted by molar-refractivity contribution is 0.0605. The van der Waals surface area contributed by atoms with Crippen LogP contribution in [0.4, 0.5) is 8.78 Å². The zero-order valence-electron chi connectivity index (χ0n) is 12.0. The van der Waals surface area contributed by atoms with E-state index >= 15 is 0 Å². The van der Waals surface area contributed by atoms with Gasteiger partial charge in [-0.1, -0.05) is 0 Å². The maximum atomic E-state index is 13.2. The van der Waals surface area contributed by atoms with E-state index in [2.05, 4.69) is 16.7 Å². The fourth-order valence-electron chi connectivity index (χ4n) is 3.59. The van der Waals surface area contributed by atoms with Crippen molar-refractivity contribution in [1.29, 1.82) is 0 Å². The maximum absolute atomic E-state index is 13.2. The zero-order chi connectivity index (χ0) is 14.1. The molecule has 0 N–H and O–H groups in total. The Morgan fingerprint density at radius 3 is 2.65 bits per heavy atom. The van der Waals surface area contributed by atoms with Crippen molar-refractivity contribution in [3.8, 4) is 0 Å². The van der Waals surface area contributed by atoms with E-state index in [-0.39, 0.29) is 0 Å². The Morgan fingerprint density at radius 2 is 1.90 bits per heavy atom. The van der Waals surface area contributed by atoms with E-state index in [1.807, 2.05) is 0 Å². The fourth-order valence-corrected chi connectivity index (χ4v) is 3.59. The van der Waals surface area contributed by atoms with E-state index in [4.69, 9.17) is 0 Å². The van der Waals surface area contributed by atoms with Crippen LogP contribution in [0.3, 0.4) is 0 Å². The third kappa shape index (κ3) is 3.01. The minimum atomic E-state index is -0.478. The van der Waals surface area contributed by atoms with E-state index in [0.717, 1.165) is 31.3 Å². The first-order chi connectivity index (χ1) is 9.61. The predicted octanol–water partition coefficient (Wildman–Crippen LogP) is 2.68. The second kappa shape index (κ2) is 5.78. The number of hydrogen-bond donors (Lipinski definition) is 0. The average Bonchev–Trinajstić information content (AvgIpc) is 2.81. The molecule has 2 heterocycles. The Bertz CT molecular complexity index is 457. The molecule has 2 atom stereocenters. The molecular formula is C16H22F2N2. The van der Waals surface area contributed by atoms with Gasteiger partial charge in [0.1, 0.15) is 11.6 Å². The quantitative estimate of drug-likeness (QED) is 0.840. The van der Waals surface area contributed by atoms with E-state index in [1.54, 1.807) is 0 Å². The van der Waals surface area contributed by atoms with Crippen molar-refractivity contribution in [3.63, 3.8) is 0 Å². The molecule has 2 aliphatic rings. The molecule has 20 heavy (non-hydrogen) atoms. The monoisotopic (exact) mass is 280 g/mol. The van der Waals surface area contributed by atoms with Crippen molar-refractivity contribution in [3.05, 3.63) is 35.4 Å². The van der Waals surface area contributed by atoms with E-state index in [0.29, 0.717) is 18.5 Å². The summed E-state index contributed by atoms with van der Waals surface area (Å²) < 4.78 is 26.4. The van der Waals surface area contributed by atoms with Crippen LogP contribution in [0.25, 0.3) is 0 Å². The van der Waals surface area contributed by atoms with E-state index in [1.165, 1.54) is 31.5 Å². The molecule has 2 saturated heterocycles. The normalized spacial score (nSPS) is 27.8. The fraction of sp³-hybridized carbons (Fsp3) is 0.625. The highest BCUT2D eigenvalue weighted by atomic mass is 19.1. The van der Waals surface area contributed by atoms with Gasteiger partial charge in [0.2, 0.25) is 0 Å². The molecule has 3 rings (SSSR count). The summed E-state index contributed by atoms with van der Waals surface area (Å²) in [5.41, 5.74) is 0.753. The van der Waals surface area contributed by atoms with Crippen LogP contribution >= 0.6 is 0 Å². The molecule has 0 aliphatic carbocycles. The second-order valence-corrected chi connectivity index (χ2v) is 6.16. The largest absolute Gasteiger partial charge is 0.298 e. The summed E-state index contributed by atoms with van der Waals surface area (Å²) in [6.07, 6.45) is 3.31. The van der Waals surface area contributed by atoms with Crippen LogP contribution in [-0.4, -0.2) is 48.1 Å². The van der Waals surface area contributed by atoms with Crippen molar-refractivity contribution in [1.82, 2.24) is 9.80 Å². The van der Waals surface area contributed by atoms with Gasteiger partial charge in [-0.2, -0.15) is 0 Å². The van der Waals surface area contributed by atoms with Gasteiger partial charge in [0, 0.05) is 37.8 Å². The summed E-state index contributed by atoms with van der Waals surface area (Å²) in [7, 11) is 0. The Hall–Kier alpha value is -1.00. The Labute approximate surface area is 119 Å². The number of halogens is 2. The van der Waals surface area contributed by atoms with Gasteiger partial charge in [-0.15, -0.1) is 0 Å². The molecule has 2 fully saturated rings. The molecule has 110 valence electrons. The third-order valence-corrected chi connectivity index (χ3v) is 4.68. The summed E-state index contributed by atoms with van der Waals surface area (Å²) in [5, 5.41) is 0. The van der Waals surface area contributed by atoms with Gasteiger partial charge >= 0.3 is 0 Å². The molecule has 0 bridgehead atoms. The van der Waals surface area contributed by atoms with Crippen LogP contribution in [-0.2, 0) is 6.42 Å². The minimum absolute atomic E-state index is 0.478. The van der Waals surface area contributed by atoms with E-state index in [9.17, 15) is 8.78 Å². The molecule has 1 aromatic carbocycles. The zero-order valence-corrected chi connectivity index (χ0v) is 12.0. The Kier molecular flexibility index (Phi) is 4.03. The molecule has 4 heteroatoms. The number of hydrogen-bond acceptors (Lipinski definition) is 2. The highest BCUT2D eigenvalue weighted by molar-refractivity contribution is 5.18. The van der Waals surface area contributed by atoms with Crippen LogP contribution in [0.5, 0.6) is 0 Å². The second-order valence-electron chi connectivity index (χ2n) is 6.16. The standard InChI is InChI=1S/C16H22F2N2/c1-12-10-20-5-2-3-16(20)11-19(12)6-4-13-7-14(17)9-15(18)8-13/h7-9,12,16H,2-6,10-11H2,1H3. The maximum Gasteiger partial charge on any atom is 0.126 e. The highest BCUT2D eigenvalue weighted by Gasteiger charge is 2.33. The van der Waals surface area contributed by atoms with Crippen molar-refractivity contribution in [2.45, 2.75) is 38.3 Å².